The standard InChI is InChI=1S/C18H17N3O3/c1-23-16-4-3-11(9-17(16)24-2)12-7-14-13(15(22)8-12)10-21-18(20-14)5-6-19-21/h3-6,9-10,12H,7-8H2,1-2H3. The number of methoxy groups -OCH3 is 2. The molecule has 3 aromatic rings. The molecule has 122 valence electrons. The molecule has 1 aliphatic carbocycles. The van der Waals surface area contributed by atoms with E-state index in [1.54, 1.807) is 31.1 Å². The van der Waals surface area contributed by atoms with E-state index in [1.807, 2.05) is 24.3 Å². The molecule has 6 heteroatoms. The zero-order chi connectivity index (χ0) is 16.7. The van der Waals surface area contributed by atoms with E-state index >= 15 is 0 Å². The van der Waals surface area contributed by atoms with Crippen LogP contribution in [-0.2, 0) is 6.42 Å². The van der Waals surface area contributed by atoms with Gasteiger partial charge in [-0.05, 0) is 30.0 Å². The third kappa shape index (κ3) is 2.31. The third-order valence-electron chi connectivity index (χ3n) is 4.51. The van der Waals surface area contributed by atoms with Gasteiger partial charge in [-0.1, -0.05) is 6.07 Å². The van der Waals surface area contributed by atoms with Crippen LogP contribution in [0.2, 0.25) is 0 Å². The van der Waals surface area contributed by atoms with Crippen LogP contribution in [0, 0.1) is 0 Å². The van der Waals surface area contributed by atoms with Crippen molar-refractivity contribution in [2.45, 2.75) is 18.8 Å². The van der Waals surface area contributed by atoms with Gasteiger partial charge < -0.3 is 9.47 Å². The van der Waals surface area contributed by atoms with Gasteiger partial charge in [0.25, 0.3) is 0 Å². The maximum absolute atomic E-state index is 12.6. The zero-order valence-corrected chi connectivity index (χ0v) is 13.5. The van der Waals surface area contributed by atoms with Crippen LogP contribution < -0.4 is 9.47 Å². The lowest BCUT2D eigenvalue weighted by Crippen LogP contribution is -2.21. The molecule has 0 bridgehead atoms. The van der Waals surface area contributed by atoms with Crippen LogP contribution in [0.3, 0.4) is 0 Å². The number of carbonyl (C=O) groups is 1. The first kappa shape index (κ1) is 14.7. The van der Waals surface area contributed by atoms with E-state index in [-0.39, 0.29) is 11.7 Å². The molecule has 2 heterocycles. The van der Waals surface area contributed by atoms with E-state index in [1.165, 1.54) is 0 Å². The van der Waals surface area contributed by atoms with Crippen LogP contribution in [0.25, 0.3) is 5.65 Å². The second kappa shape index (κ2) is 5.63. The van der Waals surface area contributed by atoms with Crippen molar-refractivity contribution in [1.82, 2.24) is 14.6 Å². The fourth-order valence-electron chi connectivity index (χ4n) is 3.26. The summed E-state index contributed by atoms with van der Waals surface area (Å²) >= 11 is 0. The lowest BCUT2D eigenvalue weighted by molar-refractivity contribution is 0.0962. The molecule has 24 heavy (non-hydrogen) atoms. The minimum Gasteiger partial charge on any atom is -0.493 e. The van der Waals surface area contributed by atoms with E-state index in [9.17, 15) is 4.79 Å². The number of hydrogen-bond acceptors (Lipinski definition) is 5. The monoisotopic (exact) mass is 323 g/mol. The molecule has 0 spiro atoms. The summed E-state index contributed by atoms with van der Waals surface area (Å²) in [6.45, 7) is 0. The predicted octanol–water partition coefficient (Wildman–Crippen LogP) is 2.66. The van der Waals surface area contributed by atoms with Crippen LogP contribution >= 0.6 is 0 Å². The Morgan fingerprint density at radius 1 is 1.12 bits per heavy atom. The summed E-state index contributed by atoms with van der Waals surface area (Å²) < 4.78 is 12.3. The summed E-state index contributed by atoms with van der Waals surface area (Å²) in [5, 5.41) is 4.15. The Labute approximate surface area is 139 Å². The Kier molecular flexibility index (Phi) is 3.45. The van der Waals surface area contributed by atoms with E-state index in [4.69, 9.17) is 9.47 Å². The Hall–Kier alpha value is -2.89. The Morgan fingerprint density at radius 3 is 2.75 bits per heavy atom. The molecule has 1 aliphatic rings. The second-order valence-electron chi connectivity index (χ2n) is 5.88. The average Bonchev–Trinajstić information content (AvgIpc) is 3.06. The van der Waals surface area contributed by atoms with Crippen molar-refractivity contribution in [3.05, 3.63) is 53.5 Å². The molecule has 0 aliphatic heterocycles. The minimum absolute atomic E-state index is 0.0858. The van der Waals surface area contributed by atoms with Crippen molar-refractivity contribution >= 4 is 11.4 Å². The van der Waals surface area contributed by atoms with E-state index < -0.39 is 0 Å². The fraction of sp³-hybridized carbons (Fsp3) is 0.278. The molecule has 1 unspecified atom stereocenters. The number of fused-ring (bicyclic) bond motifs is 2. The zero-order valence-electron chi connectivity index (χ0n) is 13.5. The van der Waals surface area contributed by atoms with Crippen LogP contribution in [0.15, 0.2) is 36.7 Å². The van der Waals surface area contributed by atoms with Gasteiger partial charge in [0.05, 0.1) is 31.7 Å². The Morgan fingerprint density at radius 2 is 1.96 bits per heavy atom. The number of nitrogens with zero attached hydrogens (tertiary/aromatic N) is 3. The first-order valence-corrected chi connectivity index (χ1v) is 7.78. The molecule has 0 fully saturated rings. The number of hydrogen-bond donors (Lipinski definition) is 0. The summed E-state index contributed by atoms with van der Waals surface area (Å²) in [5.74, 6) is 1.54. The van der Waals surface area contributed by atoms with Crippen LogP contribution in [0.1, 0.15) is 34.0 Å². The molecule has 0 radical (unpaired) electrons. The molecule has 4 rings (SSSR count). The lowest BCUT2D eigenvalue weighted by Gasteiger charge is -2.24. The maximum atomic E-state index is 12.6. The topological polar surface area (TPSA) is 65.7 Å². The molecule has 6 nitrogen and oxygen atoms in total. The Balaban J connectivity index is 1.73. The van der Waals surface area contributed by atoms with Gasteiger partial charge in [-0.2, -0.15) is 5.10 Å². The van der Waals surface area contributed by atoms with E-state index in [2.05, 4.69) is 10.1 Å². The van der Waals surface area contributed by atoms with Crippen molar-refractivity contribution in [3.63, 3.8) is 0 Å². The lowest BCUT2D eigenvalue weighted by atomic mass is 9.82. The normalized spacial score (nSPS) is 16.9. The molecular formula is C18H17N3O3. The van der Waals surface area contributed by atoms with Crippen molar-refractivity contribution < 1.29 is 14.3 Å². The molecule has 1 aromatic carbocycles. The van der Waals surface area contributed by atoms with E-state index in [0.29, 0.717) is 23.5 Å². The highest BCUT2D eigenvalue weighted by Crippen LogP contribution is 2.36. The van der Waals surface area contributed by atoms with Gasteiger partial charge in [0, 0.05) is 18.7 Å². The summed E-state index contributed by atoms with van der Waals surface area (Å²) in [6.07, 6.45) is 4.64. The predicted molar refractivity (Wildman–Crippen MR) is 87.9 cm³/mol. The number of benzene rings is 1. The molecule has 0 saturated heterocycles. The SMILES string of the molecule is COc1ccc(C2CC(=O)c3cn4nccc4nc3C2)cc1OC. The molecule has 2 aromatic heterocycles. The van der Waals surface area contributed by atoms with Gasteiger partial charge >= 0.3 is 0 Å². The van der Waals surface area contributed by atoms with Crippen LogP contribution in [0.5, 0.6) is 11.5 Å². The summed E-state index contributed by atoms with van der Waals surface area (Å²) in [5.41, 5.74) is 3.32. The number of ether oxygens (including phenoxy) is 2. The highest BCUT2D eigenvalue weighted by Gasteiger charge is 2.28. The van der Waals surface area contributed by atoms with Gasteiger partial charge in [0.15, 0.2) is 22.9 Å². The quantitative estimate of drug-likeness (QED) is 0.741. The summed E-state index contributed by atoms with van der Waals surface area (Å²) in [6, 6.07) is 7.65. The highest BCUT2D eigenvalue weighted by atomic mass is 16.5. The smallest absolute Gasteiger partial charge is 0.166 e. The average molecular weight is 323 g/mol. The third-order valence-corrected chi connectivity index (χ3v) is 4.51. The molecule has 1 atom stereocenters. The minimum atomic E-state index is 0.0858. The van der Waals surface area contributed by atoms with Crippen molar-refractivity contribution in [3.8, 4) is 11.5 Å². The fourth-order valence-corrected chi connectivity index (χ4v) is 3.26. The van der Waals surface area contributed by atoms with Gasteiger partial charge in [-0.15, -0.1) is 0 Å². The second-order valence-corrected chi connectivity index (χ2v) is 5.88. The number of carbonyl (C=O) groups excluding carboxylic acids is 1. The number of aromatic nitrogens is 3. The van der Waals surface area contributed by atoms with Gasteiger partial charge in [0.2, 0.25) is 0 Å². The molecule has 0 saturated carbocycles. The van der Waals surface area contributed by atoms with Gasteiger partial charge in [-0.3, -0.25) is 4.79 Å². The summed E-state index contributed by atoms with van der Waals surface area (Å²) in [4.78, 5) is 17.2. The van der Waals surface area contributed by atoms with Crippen LogP contribution in [-0.4, -0.2) is 34.6 Å². The van der Waals surface area contributed by atoms with Crippen LogP contribution in [0.4, 0.5) is 0 Å². The number of ketones is 1. The highest BCUT2D eigenvalue weighted by molar-refractivity contribution is 5.98. The van der Waals surface area contributed by atoms with Crippen molar-refractivity contribution in [1.29, 1.82) is 0 Å². The van der Waals surface area contributed by atoms with Crippen molar-refractivity contribution in [2.24, 2.45) is 0 Å². The summed E-state index contributed by atoms with van der Waals surface area (Å²) in [7, 11) is 3.22. The largest absolute Gasteiger partial charge is 0.493 e. The number of Topliss-reactive ketones (excluding diaryl/α,β-unsaturated/α-hetero) is 1. The van der Waals surface area contributed by atoms with Gasteiger partial charge in [-0.25, -0.2) is 9.50 Å². The molecule has 0 N–H and O–H groups in total. The molecule has 0 amide bonds. The van der Waals surface area contributed by atoms with Gasteiger partial charge in [0.1, 0.15) is 0 Å². The van der Waals surface area contributed by atoms with E-state index in [0.717, 1.165) is 23.3 Å². The molecular weight excluding hydrogens is 306 g/mol. The van der Waals surface area contributed by atoms with Crippen molar-refractivity contribution in [2.75, 3.05) is 14.2 Å². The Bertz CT molecular complexity index is 932. The first-order chi connectivity index (χ1) is 11.7. The maximum Gasteiger partial charge on any atom is 0.166 e. The number of rotatable bonds is 3. The first-order valence-electron chi connectivity index (χ1n) is 7.78.